The molecular formula is C20H28N4O3. The first-order valence-electron chi connectivity index (χ1n) is 9.80. The molecule has 1 aromatic carbocycles. The third-order valence-corrected chi connectivity index (χ3v) is 6.23. The van der Waals surface area contributed by atoms with Gasteiger partial charge in [0.1, 0.15) is 0 Å². The van der Waals surface area contributed by atoms with Gasteiger partial charge in [-0.2, -0.15) is 0 Å². The molecule has 2 atom stereocenters. The van der Waals surface area contributed by atoms with E-state index in [-0.39, 0.29) is 23.5 Å². The summed E-state index contributed by atoms with van der Waals surface area (Å²) in [6.45, 7) is 4.26. The van der Waals surface area contributed by atoms with Gasteiger partial charge in [0.15, 0.2) is 0 Å². The van der Waals surface area contributed by atoms with Crippen molar-refractivity contribution in [2.45, 2.75) is 25.4 Å². The van der Waals surface area contributed by atoms with Crippen molar-refractivity contribution in [2.24, 2.45) is 5.41 Å². The number of benzene rings is 1. The molecule has 4 rings (SSSR count). The summed E-state index contributed by atoms with van der Waals surface area (Å²) in [5, 5.41) is 13.5. The Morgan fingerprint density at radius 2 is 2.11 bits per heavy atom. The lowest BCUT2D eigenvalue weighted by Gasteiger charge is -2.50. The predicted molar refractivity (Wildman–Crippen MR) is 103 cm³/mol. The van der Waals surface area contributed by atoms with Gasteiger partial charge in [-0.25, -0.2) is 4.79 Å². The number of carbonyl (C=O) groups excluding carboxylic acids is 2. The summed E-state index contributed by atoms with van der Waals surface area (Å²) >= 11 is 0. The quantitative estimate of drug-likeness (QED) is 0.816. The molecule has 1 spiro atoms. The number of likely N-dealkylation sites (tertiary alicyclic amines) is 2. The van der Waals surface area contributed by atoms with E-state index in [0.29, 0.717) is 31.7 Å². The van der Waals surface area contributed by atoms with Crippen molar-refractivity contribution in [3.05, 3.63) is 29.8 Å². The molecule has 0 saturated carbocycles. The number of aliphatic hydroxyl groups is 1. The third-order valence-electron chi connectivity index (χ3n) is 6.23. The first kappa shape index (κ1) is 18.3. The zero-order valence-corrected chi connectivity index (χ0v) is 15.9. The molecule has 27 heavy (non-hydrogen) atoms. The molecule has 146 valence electrons. The molecule has 3 heterocycles. The van der Waals surface area contributed by atoms with E-state index in [1.165, 1.54) is 0 Å². The number of hydrogen-bond acceptors (Lipinski definition) is 4. The van der Waals surface area contributed by atoms with Crippen molar-refractivity contribution in [3.63, 3.8) is 0 Å². The number of urea groups is 1. The lowest BCUT2D eigenvalue weighted by Crippen LogP contribution is -2.59. The van der Waals surface area contributed by atoms with Crippen molar-refractivity contribution in [2.75, 3.05) is 51.2 Å². The summed E-state index contributed by atoms with van der Waals surface area (Å²) in [5.74, 6) is -0.0176. The summed E-state index contributed by atoms with van der Waals surface area (Å²) in [5.41, 5.74) is 1.12. The van der Waals surface area contributed by atoms with Crippen LogP contribution in [0, 0.1) is 5.41 Å². The molecule has 1 aromatic rings. The second-order valence-corrected chi connectivity index (χ2v) is 8.17. The molecule has 7 nitrogen and oxygen atoms in total. The van der Waals surface area contributed by atoms with Crippen LogP contribution < -0.4 is 10.2 Å². The van der Waals surface area contributed by atoms with Gasteiger partial charge in [-0.1, -0.05) is 6.07 Å². The van der Waals surface area contributed by atoms with Crippen molar-refractivity contribution in [1.82, 2.24) is 15.1 Å². The molecule has 2 N–H and O–H groups in total. The van der Waals surface area contributed by atoms with Crippen LogP contribution in [0.1, 0.15) is 29.6 Å². The lowest BCUT2D eigenvalue weighted by molar-refractivity contribution is -0.0731. The Kier molecular flexibility index (Phi) is 4.82. The van der Waals surface area contributed by atoms with Crippen molar-refractivity contribution < 1.29 is 14.7 Å². The van der Waals surface area contributed by atoms with E-state index >= 15 is 0 Å². The van der Waals surface area contributed by atoms with Crippen LogP contribution in [0.3, 0.4) is 0 Å². The number of hydrogen-bond donors (Lipinski definition) is 2. The van der Waals surface area contributed by atoms with Gasteiger partial charge < -0.3 is 20.2 Å². The van der Waals surface area contributed by atoms with Crippen LogP contribution in [0.5, 0.6) is 0 Å². The Balaban J connectivity index is 1.53. The molecule has 0 aromatic heterocycles. The first-order chi connectivity index (χ1) is 13.0. The van der Waals surface area contributed by atoms with Gasteiger partial charge in [0.25, 0.3) is 5.91 Å². The average Bonchev–Trinajstić information content (AvgIpc) is 3.11. The fourth-order valence-corrected chi connectivity index (χ4v) is 4.81. The number of piperidine rings is 2. The van der Waals surface area contributed by atoms with Crippen LogP contribution in [0.4, 0.5) is 10.5 Å². The minimum absolute atomic E-state index is 0.0176. The second kappa shape index (κ2) is 7.13. The van der Waals surface area contributed by atoms with E-state index in [1.54, 1.807) is 11.0 Å². The van der Waals surface area contributed by atoms with Gasteiger partial charge >= 0.3 is 6.03 Å². The largest absolute Gasteiger partial charge is 0.392 e. The van der Waals surface area contributed by atoms with Gasteiger partial charge in [-0.05, 0) is 44.5 Å². The van der Waals surface area contributed by atoms with E-state index in [1.807, 2.05) is 23.1 Å². The highest BCUT2D eigenvalue weighted by molar-refractivity contribution is 5.98. The Morgan fingerprint density at radius 1 is 1.26 bits per heavy atom. The second-order valence-electron chi connectivity index (χ2n) is 8.17. The SMILES string of the molecule is CN1CC[C@H](O)[C@@]2(CCCN(C(=O)c3cccc(N4CCNC4=O)c3)C2)C1. The number of nitrogens with zero attached hydrogens (tertiary/aromatic N) is 3. The fourth-order valence-electron chi connectivity index (χ4n) is 4.81. The first-order valence-corrected chi connectivity index (χ1v) is 9.80. The number of carbonyl (C=O) groups is 2. The Morgan fingerprint density at radius 3 is 2.89 bits per heavy atom. The van der Waals surface area contributed by atoms with Crippen LogP contribution in [-0.2, 0) is 0 Å². The third kappa shape index (κ3) is 3.41. The maximum absolute atomic E-state index is 13.2. The number of nitrogens with one attached hydrogen (secondary N) is 1. The summed E-state index contributed by atoms with van der Waals surface area (Å²) in [6.07, 6.45) is 2.27. The number of rotatable bonds is 2. The zero-order valence-electron chi connectivity index (χ0n) is 15.9. The monoisotopic (exact) mass is 372 g/mol. The molecule has 3 amide bonds. The lowest BCUT2D eigenvalue weighted by atomic mass is 9.71. The van der Waals surface area contributed by atoms with Gasteiger partial charge in [-0.15, -0.1) is 0 Å². The Labute approximate surface area is 159 Å². The van der Waals surface area contributed by atoms with Gasteiger partial charge in [0.2, 0.25) is 0 Å². The zero-order chi connectivity index (χ0) is 19.0. The minimum Gasteiger partial charge on any atom is -0.392 e. The number of anilines is 1. The summed E-state index contributed by atoms with van der Waals surface area (Å²) in [6, 6.07) is 7.18. The van der Waals surface area contributed by atoms with Gasteiger partial charge in [0.05, 0.1) is 6.10 Å². The average molecular weight is 372 g/mol. The molecule has 3 aliphatic heterocycles. The van der Waals surface area contributed by atoms with Crippen LogP contribution in [-0.4, -0.2) is 79.3 Å². The van der Waals surface area contributed by atoms with Gasteiger partial charge in [0, 0.05) is 55.9 Å². The van der Waals surface area contributed by atoms with E-state index in [2.05, 4.69) is 17.3 Å². The molecule has 0 unspecified atom stereocenters. The topological polar surface area (TPSA) is 76.1 Å². The predicted octanol–water partition coefficient (Wildman–Crippen LogP) is 1.13. The van der Waals surface area contributed by atoms with E-state index in [0.717, 1.165) is 38.0 Å². The molecule has 0 aliphatic carbocycles. The molecule has 3 aliphatic rings. The van der Waals surface area contributed by atoms with E-state index in [4.69, 9.17) is 0 Å². The smallest absolute Gasteiger partial charge is 0.321 e. The van der Waals surface area contributed by atoms with Crippen LogP contribution >= 0.6 is 0 Å². The highest BCUT2D eigenvalue weighted by Gasteiger charge is 2.45. The summed E-state index contributed by atoms with van der Waals surface area (Å²) in [4.78, 5) is 30.9. The minimum atomic E-state index is -0.357. The molecule has 3 saturated heterocycles. The molecule has 0 bridgehead atoms. The highest BCUT2D eigenvalue weighted by atomic mass is 16.3. The number of amides is 3. The maximum atomic E-state index is 13.2. The van der Waals surface area contributed by atoms with Crippen LogP contribution in [0.25, 0.3) is 0 Å². The Bertz CT molecular complexity index is 740. The van der Waals surface area contributed by atoms with E-state index in [9.17, 15) is 14.7 Å². The molecule has 7 heteroatoms. The number of aliphatic hydroxyl groups excluding tert-OH is 1. The van der Waals surface area contributed by atoms with Crippen LogP contribution in [0.2, 0.25) is 0 Å². The highest BCUT2D eigenvalue weighted by Crippen LogP contribution is 2.38. The molecular weight excluding hydrogens is 344 g/mol. The van der Waals surface area contributed by atoms with Crippen molar-refractivity contribution in [1.29, 1.82) is 0 Å². The van der Waals surface area contributed by atoms with E-state index < -0.39 is 0 Å². The van der Waals surface area contributed by atoms with Crippen molar-refractivity contribution in [3.8, 4) is 0 Å². The maximum Gasteiger partial charge on any atom is 0.321 e. The Hall–Kier alpha value is -2.12. The van der Waals surface area contributed by atoms with Crippen LogP contribution in [0.15, 0.2) is 24.3 Å². The molecule has 3 fully saturated rings. The summed E-state index contributed by atoms with van der Waals surface area (Å²) < 4.78 is 0. The molecule has 0 radical (unpaired) electrons. The fraction of sp³-hybridized carbons (Fsp3) is 0.600. The van der Waals surface area contributed by atoms with Gasteiger partial charge in [-0.3, -0.25) is 9.69 Å². The summed E-state index contributed by atoms with van der Waals surface area (Å²) in [7, 11) is 2.08. The van der Waals surface area contributed by atoms with Crippen molar-refractivity contribution >= 4 is 17.6 Å². The normalized spacial score (nSPS) is 29.3. The standard InChI is InChI=1S/C20H28N4O3/c1-22-10-6-17(25)20(13-22)7-3-9-23(14-20)18(26)15-4-2-5-16(12-15)24-11-8-21-19(24)27/h2,4-5,12,17,25H,3,6-11,13-14H2,1H3,(H,21,27)/t17-,20-/m0/s1.